The number of rotatable bonds is 18. The lowest BCUT2D eigenvalue weighted by atomic mass is 10.0. The summed E-state index contributed by atoms with van der Waals surface area (Å²) in [6.07, 6.45) is 22.0. The van der Waals surface area contributed by atoms with E-state index in [1.165, 1.54) is 96.3 Å². The van der Waals surface area contributed by atoms with Gasteiger partial charge in [-0.15, -0.1) is 0 Å². The van der Waals surface area contributed by atoms with Crippen molar-refractivity contribution in [2.45, 2.75) is 110 Å². The summed E-state index contributed by atoms with van der Waals surface area (Å²) in [4.78, 5) is 9.56. The van der Waals surface area contributed by atoms with Gasteiger partial charge in [-0.1, -0.05) is 116 Å². The zero-order valence-corrected chi connectivity index (χ0v) is 16.9. The first-order valence-electron chi connectivity index (χ1n) is 9.79. The Morgan fingerprint density at radius 3 is 1.35 bits per heavy atom. The van der Waals surface area contributed by atoms with Crippen LogP contribution in [-0.4, -0.2) is 11.0 Å². The molecule has 0 radical (unpaired) electrons. The summed E-state index contributed by atoms with van der Waals surface area (Å²) in [6, 6.07) is 0. The van der Waals surface area contributed by atoms with Gasteiger partial charge in [0.15, 0.2) is 0 Å². The van der Waals surface area contributed by atoms with Crippen molar-refractivity contribution >= 4 is 29.2 Å². The van der Waals surface area contributed by atoms with Gasteiger partial charge in [0.1, 0.15) is 0 Å². The highest BCUT2D eigenvalue weighted by Gasteiger charge is 1.95. The quantitative estimate of drug-likeness (QED) is 0.0900. The van der Waals surface area contributed by atoms with Crippen molar-refractivity contribution in [2.75, 3.05) is 6.61 Å². The molecule has 0 aromatic heterocycles. The van der Waals surface area contributed by atoms with E-state index in [2.05, 4.69) is 36.7 Å². The molecule has 0 aliphatic carbocycles. The molecular weight excluding hydrogens is 324 g/mol. The lowest BCUT2D eigenvalue weighted by Crippen LogP contribution is -1.98. The van der Waals surface area contributed by atoms with Crippen molar-refractivity contribution in [1.82, 2.24) is 0 Å². The fourth-order valence-electron chi connectivity index (χ4n) is 2.80. The molecule has 4 heteroatoms. The maximum absolute atomic E-state index is 4.90. The zero-order valence-electron chi connectivity index (χ0n) is 15.2. The van der Waals surface area contributed by atoms with E-state index in [9.17, 15) is 0 Å². The third-order valence-corrected chi connectivity index (χ3v) is 4.35. The number of thiol groups is 1. The molecule has 0 spiro atoms. The lowest BCUT2D eigenvalue weighted by Gasteiger charge is -2.04. The Morgan fingerprint density at radius 2 is 1.00 bits per heavy atom. The average Bonchev–Trinajstić information content (AvgIpc) is 2.53. The van der Waals surface area contributed by atoms with Gasteiger partial charge in [0.05, 0.1) is 6.61 Å². The third kappa shape index (κ3) is 22.2. The van der Waals surface area contributed by atoms with E-state index < -0.39 is 0 Å². The smallest absolute Gasteiger partial charge is 0.260 e. The van der Waals surface area contributed by atoms with E-state index in [0.717, 1.165) is 6.42 Å². The normalized spacial score (nSPS) is 10.9. The molecule has 0 bridgehead atoms. The molecule has 138 valence electrons. The molecule has 2 nitrogen and oxygen atoms in total. The average molecular weight is 363 g/mol. The number of hydrogen-bond acceptors (Lipinski definition) is 3. The van der Waals surface area contributed by atoms with Crippen LogP contribution in [0.15, 0.2) is 0 Å². The van der Waals surface area contributed by atoms with Crippen molar-refractivity contribution in [2.24, 2.45) is 0 Å². The predicted molar refractivity (Wildman–Crippen MR) is 108 cm³/mol. The van der Waals surface area contributed by atoms with Crippen molar-refractivity contribution in [3.8, 4) is 0 Å². The summed E-state index contributed by atoms with van der Waals surface area (Å²) in [5, 5.41) is 0. The summed E-state index contributed by atoms with van der Waals surface area (Å²) < 4.78 is 0.154. The molecule has 0 amide bonds. The predicted octanol–water partition coefficient (Wildman–Crippen LogP) is 7.41. The Hall–Kier alpha value is 0.200. The second kappa shape index (κ2) is 20.2. The van der Waals surface area contributed by atoms with Crippen molar-refractivity contribution in [3.63, 3.8) is 0 Å². The summed E-state index contributed by atoms with van der Waals surface area (Å²) in [6.45, 7) is 2.89. The van der Waals surface area contributed by atoms with Crippen LogP contribution in [0.25, 0.3) is 0 Å². The van der Waals surface area contributed by atoms with Crippen LogP contribution in [0.1, 0.15) is 110 Å². The van der Waals surface area contributed by atoms with Gasteiger partial charge in [-0.05, 0) is 18.6 Å². The molecule has 0 saturated heterocycles. The molecule has 0 aromatic carbocycles. The van der Waals surface area contributed by atoms with Crippen LogP contribution >= 0.6 is 24.8 Å². The Balaban J connectivity index is 2.96. The van der Waals surface area contributed by atoms with Crippen molar-refractivity contribution in [1.29, 1.82) is 0 Å². The highest BCUT2D eigenvalue weighted by atomic mass is 32.1. The molecule has 0 rings (SSSR count). The van der Waals surface area contributed by atoms with Crippen LogP contribution in [0.2, 0.25) is 0 Å². The minimum atomic E-state index is 0.154. The van der Waals surface area contributed by atoms with Gasteiger partial charge in [0.2, 0.25) is 0 Å². The van der Waals surface area contributed by atoms with Crippen LogP contribution in [0, 0.1) is 0 Å². The summed E-state index contributed by atoms with van der Waals surface area (Å²) in [5.74, 6) is 0. The van der Waals surface area contributed by atoms with Crippen molar-refractivity contribution in [3.05, 3.63) is 0 Å². The molecule has 0 fully saturated rings. The molecule has 0 saturated carbocycles. The first-order chi connectivity index (χ1) is 11.3. The Kier molecular flexibility index (Phi) is 20.4. The molecule has 23 heavy (non-hydrogen) atoms. The molecule has 0 N–H and O–H groups in total. The molecule has 0 heterocycles. The SMILES string of the molecule is CCCCCCCCCCCCCCCCCCOOC(=S)S. The van der Waals surface area contributed by atoms with Gasteiger partial charge in [0, 0.05) is 0 Å². The molecule has 0 aliphatic heterocycles. The Labute approximate surface area is 155 Å². The largest absolute Gasteiger partial charge is 0.319 e. The van der Waals surface area contributed by atoms with Crippen LogP contribution < -0.4 is 0 Å². The van der Waals surface area contributed by atoms with E-state index in [1.807, 2.05) is 0 Å². The minimum Gasteiger partial charge on any atom is -0.319 e. The lowest BCUT2D eigenvalue weighted by molar-refractivity contribution is -0.216. The highest BCUT2D eigenvalue weighted by molar-refractivity contribution is 8.10. The number of unbranched alkanes of at least 4 members (excludes halogenated alkanes) is 15. The Bertz CT molecular complexity index is 248. The minimum absolute atomic E-state index is 0.154. The van der Waals surface area contributed by atoms with Crippen LogP contribution in [0.5, 0.6) is 0 Å². The summed E-state index contributed by atoms with van der Waals surface area (Å²) >= 11 is 8.44. The van der Waals surface area contributed by atoms with E-state index in [4.69, 9.17) is 4.89 Å². The second-order valence-corrected chi connectivity index (χ2v) is 7.55. The van der Waals surface area contributed by atoms with E-state index >= 15 is 0 Å². The summed E-state index contributed by atoms with van der Waals surface area (Å²) in [5.41, 5.74) is 0. The molecule has 0 aromatic rings. The fraction of sp³-hybridized carbons (Fsp3) is 0.947. The Morgan fingerprint density at radius 1 is 0.652 bits per heavy atom. The van der Waals surface area contributed by atoms with E-state index in [-0.39, 0.29) is 4.38 Å². The van der Waals surface area contributed by atoms with E-state index in [1.54, 1.807) is 0 Å². The van der Waals surface area contributed by atoms with Gasteiger partial charge < -0.3 is 4.89 Å². The summed E-state index contributed by atoms with van der Waals surface area (Å²) in [7, 11) is 0. The molecule has 0 unspecified atom stereocenters. The first kappa shape index (κ1) is 23.2. The van der Waals surface area contributed by atoms with Gasteiger partial charge in [-0.25, -0.2) is 0 Å². The number of hydrogen-bond donors (Lipinski definition) is 1. The maximum Gasteiger partial charge on any atom is 0.260 e. The third-order valence-electron chi connectivity index (χ3n) is 4.21. The first-order valence-corrected chi connectivity index (χ1v) is 10.6. The van der Waals surface area contributed by atoms with Crippen LogP contribution in [0.4, 0.5) is 0 Å². The fourth-order valence-corrected chi connectivity index (χ4v) is 2.90. The monoisotopic (exact) mass is 362 g/mol. The van der Waals surface area contributed by atoms with Gasteiger partial charge >= 0.3 is 0 Å². The molecule has 0 atom stereocenters. The standard InChI is InChI=1S/C19H38O2S2/c1-2-3-4-5-6-7-8-9-10-11-12-13-14-15-16-17-18-20-21-19(22)23/h2-18H2,1H3,(H,22,23). The van der Waals surface area contributed by atoms with Crippen LogP contribution in [-0.2, 0) is 9.78 Å². The zero-order chi connectivity index (χ0) is 17.0. The molecule has 0 aliphatic rings. The maximum atomic E-state index is 4.90. The molecular formula is C19H38O2S2. The van der Waals surface area contributed by atoms with Crippen molar-refractivity contribution < 1.29 is 9.78 Å². The topological polar surface area (TPSA) is 18.5 Å². The van der Waals surface area contributed by atoms with Crippen LogP contribution in [0.3, 0.4) is 0 Å². The van der Waals surface area contributed by atoms with E-state index in [0.29, 0.717) is 6.61 Å². The van der Waals surface area contributed by atoms with Gasteiger partial charge in [-0.3, -0.25) is 0 Å². The van der Waals surface area contributed by atoms with Gasteiger partial charge in [0.25, 0.3) is 4.38 Å². The highest BCUT2D eigenvalue weighted by Crippen LogP contribution is 2.13. The second-order valence-electron chi connectivity index (χ2n) is 6.47. The van der Waals surface area contributed by atoms with Gasteiger partial charge in [-0.2, -0.15) is 4.89 Å². The number of thiocarbonyl (C=S) groups is 1.